The molecule has 1 saturated heterocycles. The molecule has 1 fully saturated rings. The zero-order valence-corrected chi connectivity index (χ0v) is 15.0. The first-order valence-corrected chi connectivity index (χ1v) is 7.97. The van der Waals surface area contributed by atoms with Crippen molar-refractivity contribution in [2.24, 2.45) is 11.7 Å². The summed E-state index contributed by atoms with van der Waals surface area (Å²) in [6.07, 6.45) is 2.69. The van der Waals surface area contributed by atoms with Crippen molar-refractivity contribution in [3.63, 3.8) is 0 Å². The molecule has 3 N–H and O–H groups in total. The Bertz CT molecular complexity index is 488. The van der Waals surface area contributed by atoms with Crippen molar-refractivity contribution in [3.8, 4) is 0 Å². The molecule has 0 aromatic carbocycles. The van der Waals surface area contributed by atoms with Gasteiger partial charge in [-0.2, -0.15) is 0 Å². The first kappa shape index (κ1) is 19.7. The van der Waals surface area contributed by atoms with Gasteiger partial charge in [0.2, 0.25) is 5.91 Å². The Morgan fingerprint density at radius 3 is 2.52 bits per heavy atom. The smallest absolute Gasteiger partial charge is 0.242 e. The van der Waals surface area contributed by atoms with Gasteiger partial charge in [0.05, 0.1) is 17.9 Å². The Morgan fingerprint density at radius 2 is 2.00 bits per heavy atom. The summed E-state index contributed by atoms with van der Waals surface area (Å²) in [5.74, 6) is 0.542. The van der Waals surface area contributed by atoms with E-state index in [1.807, 2.05) is 32.2 Å². The molecule has 2 atom stereocenters. The average Bonchev–Trinajstić information content (AvgIpc) is 2.55. The van der Waals surface area contributed by atoms with Gasteiger partial charge in [0.1, 0.15) is 5.82 Å². The van der Waals surface area contributed by atoms with E-state index in [2.05, 4.69) is 27.1 Å². The zero-order chi connectivity index (χ0) is 16.1. The summed E-state index contributed by atoms with van der Waals surface area (Å²) in [6, 6.07) is 3.35. The van der Waals surface area contributed by atoms with Crippen molar-refractivity contribution >= 4 is 29.8 Å². The largest absolute Gasteiger partial charge is 0.368 e. The summed E-state index contributed by atoms with van der Waals surface area (Å²) in [6.45, 7) is 8.13. The number of carbonyl (C=O) groups excluding carboxylic acids is 1. The number of nitrogens with zero attached hydrogens (tertiary/aromatic N) is 3. The number of carbonyl (C=O) groups is 1. The van der Waals surface area contributed by atoms with Gasteiger partial charge in [0, 0.05) is 26.2 Å². The SMILES string of the molecule is CCC(C)C(N)C(=O)Nc1ccc(N2CCN(C)CC2)cn1.Cl. The predicted octanol–water partition coefficient (Wildman–Crippen LogP) is 1.57. The third kappa shape index (κ3) is 5.34. The molecule has 1 aliphatic rings. The van der Waals surface area contributed by atoms with Crippen LogP contribution in [0.1, 0.15) is 20.3 Å². The molecular weight excluding hydrogens is 314 g/mol. The van der Waals surface area contributed by atoms with Crippen LogP contribution in [-0.2, 0) is 4.79 Å². The highest BCUT2D eigenvalue weighted by atomic mass is 35.5. The molecule has 1 amide bonds. The third-order valence-electron chi connectivity index (χ3n) is 4.43. The van der Waals surface area contributed by atoms with Crippen LogP contribution in [0.25, 0.3) is 0 Å². The molecule has 2 heterocycles. The molecule has 23 heavy (non-hydrogen) atoms. The topological polar surface area (TPSA) is 74.5 Å². The Morgan fingerprint density at radius 1 is 1.35 bits per heavy atom. The molecule has 1 aromatic rings. The molecule has 2 rings (SSSR count). The Hall–Kier alpha value is -1.37. The fourth-order valence-electron chi connectivity index (χ4n) is 2.43. The molecule has 0 bridgehead atoms. The van der Waals surface area contributed by atoms with E-state index in [-0.39, 0.29) is 24.2 Å². The second-order valence-electron chi connectivity index (χ2n) is 6.09. The lowest BCUT2D eigenvalue weighted by Crippen LogP contribution is -2.44. The molecule has 6 nitrogen and oxygen atoms in total. The predicted molar refractivity (Wildman–Crippen MR) is 97.3 cm³/mol. The van der Waals surface area contributed by atoms with Gasteiger partial charge in [-0.15, -0.1) is 12.4 Å². The number of aromatic nitrogens is 1. The summed E-state index contributed by atoms with van der Waals surface area (Å²) in [7, 11) is 2.13. The normalized spacial score (nSPS) is 18.0. The first-order valence-electron chi connectivity index (χ1n) is 7.97. The summed E-state index contributed by atoms with van der Waals surface area (Å²) in [4.78, 5) is 21.0. The number of amides is 1. The van der Waals surface area contributed by atoms with Gasteiger partial charge in [-0.1, -0.05) is 20.3 Å². The lowest BCUT2D eigenvalue weighted by atomic mass is 9.99. The third-order valence-corrected chi connectivity index (χ3v) is 4.43. The highest BCUT2D eigenvalue weighted by molar-refractivity contribution is 5.94. The van der Waals surface area contributed by atoms with Gasteiger partial charge in [-0.05, 0) is 25.1 Å². The van der Waals surface area contributed by atoms with Crippen molar-refractivity contribution < 1.29 is 4.79 Å². The van der Waals surface area contributed by atoms with Gasteiger partial charge < -0.3 is 20.9 Å². The van der Waals surface area contributed by atoms with E-state index in [9.17, 15) is 4.79 Å². The van der Waals surface area contributed by atoms with E-state index >= 15 is 0 Å². The molecule has 1 aromatic heterocycles. The van der Waals surface area contributed by atoms with Crippen LogP contribution in [0, 0.1) is 5.92 Å². The van der Waals surface area contributed by atoms with Crippen LogP contribution in [0.3, 0.4) is 0 Å². The fraction of sp³-hybridized carbons (Fsp3) is 0.625. The van der Waals surface area contributed by atoms with Crippen LogP contribution in [0.2, 0.25) is 0 Å². The second-order valence-corrected chi connectivity index (χ2v) is 6.09. The molecule has 0 radical (unpaired) electrons. The Labute approximate surface area is 144 Å². The number of halogens is 1. The summed E-state index contributed by atoms with van der Waals surface area (Å²) < 4.78 is 0. The van der Waals surface area contributed by atoms with Gasteiger partial charge in [0.15, 0.2) is 0 Å². The van der Waals surface area contributed by atoms with E-state index in [1.54, 1.807) is 0 Å². The van der Waals surface area contributed by atoms with E-state index in [0.717, 1.165) is 38.3 Å². The number of nitrogens with one attached hydrogen (secondary N) is 1. The van der Waals surface area contributed by atoms with Crippen molar-refractivity contribution in [3.05, 3.63) is 18.3 Å². The highest BCUT2D eigenvalue weighted by Gasteiger charge is 2.20. The van der Waals surface area contributed by atoms with Crippen LogP contribution >= 0.6 is 12.4 Å². The van der Waals surface area contributed by atoms with E-state index in [1.165, 1.54) is 0 Å². The number of piperazine rings is 1. The van der Waals surface area contributed by atoms with E-state index in [4.69, 9.17) is 5.73 Å². The van der Waals surface area contributed by atoms with Gasteiger partial charge in [0.25, 0.3) is 0 Å². The molecular formula is C16H28ClN5O. The number of hydrogen-bond acceptors (Lipinski definition) is 5. The fourth-order valence-corrected chi connectivity index (χ4v) is 2.43. The quantitative estimate of drug-likeness (QED) is 0.850. The standard InChI is InChI=1S/C16H27N5O.ClH/c1-4-12(2)15(17)16(22)19-14-6-5-13(11-18-14)21-9-7-20(3)8-10-21;/h5-6,11-12,15H,4,7-10,17H2,1-3H3,(H,18,19,22);1H. The second kappa shape index (κ2) is 9.05. The molecule has 0 aliphatic carbocycles. The van der Waals surface area contributed by atoms with Crippen LogP contribution in [-0.4, -0.2) is 55.1 Å². The van der Waals surface area contributed by atoms with Gasteiger partial charge in [-0.25, -0.2) is 4.98 Å². The van der Waals surface area contributed by atoms with Crippen molar-refractivity contribution in [2.45, 2.75) is 26.3 Å². The lowest BCUT2D eigenvalue weighted by Gasteiger charge is -2.33. The molecule has 1 aliphatic heterocycles. The van der Waals surface area contributed by atoms with E-state index < -0.39 is 6.04 Å². The maximum Gasteiger partial charge on any atom is 0.242 e. The highest BCUT2D eigenvalue weighted by Crippen LogP contribution is 2.17. The number of pyridine rings is 1. The zero-order valence-electron chi connectivity index (χ0n) is 14.2. The van der Waals surface area contributed by atoms with Crippen LogP contribution in [0.15, 0.2) is 18.3 Å². The van der Waals surface area contributed by atoms with Crippen LogP contribution in [0.4, 0.5) is 11.5 Å². The van der Waals surface area contributed by atoms with Crippen molar-refractivity contribution in [1.29, 1.82) is 0 Å². The number of anilines is 2. The van der Waals surface area contributed by atoms with Gasteiger partial charge in [-0.3, -0.25) is 4.79 Å². The lowest BCUT2D eigenvalue weighted by molar-refractivity contribution is -0.118. The molecule has 0 spiro atoms. The first-order chi connectivity index (χ1) is 10.5. The molecule has 2 unspecified atom stereocenters. The number of likely N-dealkylation sites (N-methyl/N-ethyl adjacent to an activating group) is 1. The van der Waals surface area contributed by atoms with Crippen molar-refractivity contribution in [1.82, 2.24) is 9.88 Å². The van der Waals surface area contributed by atoms with Crippen molar-refractivity contribution in [2.75, 3.05) is 43.4 Å². The maximum atomic E-state index is 12.0. The summed E-state index contributed by atoms with van der Waals surface area (Å²) >= 11 is 0. The maximum absolute atomic E-state index is 12.0. The number of rotatable bonds is 5. The number of nitrogens with two attached hydrogens (primary N) is 1. The van der Waals surface area contributed by atoms with Gasteiger partial charge >= 0.3 is 0 Å². The Kier molecular flexibility index (Phi) is 7.75. The average molecular weight is 342 g/mol. The minimum Gasteiger partial charge on any atom is -0.368 e. The number of hydrogen-bond donors (Lipinski definition) is 2. The monoisotopic (exact) mass is 341 g/mol. The molecule has 130 valence electrons. The molecule has 0 saturated carbocycles. The minimum atomic E-state index is -0.496. The Balaban J connectivity index is 0.00000264. The summed E-state index contributed by atoms with van der Waals surface area (Å²) in [5, 5.41) is 2.79. The minimum absolute atomic E-state index is 0. The summed E-state index contributed by atoms with van der Waals surface area (Å²) in [5.41, 5.74) is 7.02. The van der Waals surface area contributed by atoms with E-state index in [0.29, 0.717) is 5.82 Å². The van der Waals surface area contributed by atoms with Crippen LogP contribution in [0.5, 0.6) is 0 Å². The molecule has 7 heteroatoms. The van der Waals surface area contributed by atoms with Crippen LogP contribution < -0.4 is 16.0 Å².